The van der Waals surface area contributed by atoms with Crippen LogP contribution in [-0.4, -0.2) is 18.8 Å². The van der Waals surface area contributed by atoms with Gasteiger partial charge >= 0.3 is 51.4 Å². The normalized spacial score (nSPS) is 9.83. The van der Waals surface area contributed by atoms with E-state index in [-0.39, 0.29) is 51.4 Å². The molecule has 1 nitrogen and oxygen atoms in total. The van der Waals surface area contributed by atoms with Gasteiger partial charge in [0.25, 0.3) is 0 Å². The Hall–Kier alpha value is 1.79. The molecule has 0 radical (unpaired) electrons. The third kappa shape index (κ3) is 41.5. The van der Waals surface area contributed by atoms with E-state index < -0.39 is 9.93 Å². The summed E-state index contributed by atoms with van der Waals surface area (Å²) in [6.07, 6.45) is 5.15. The van der Waals surface area contributed by atoms with E-state index in [0.717, 1.165) is 0 Å². The minimum atomic E-state index is -1.42. The summed E-state index contributed by atoms with van der Waals surface area (Å²) in [6.45, 7) is 0. The third-order valence-corrected chi connectivity index (χ3v) is 0. The Kier molecular flexibility index (Phi) is 6.69. The van der Waals surface area contributed by atoms with Crippen LogP contribution in [0.5, 0.6) is 0 Å². The molecular formula is C3H9KOS+2. The predicted octanol–water partition coefficient (Wildman–Crippen LogP) is -2.62. The first-order valence-corrected chi connectivity index (χ1v) is 4.17. The summed E-state index contributed by atoms with van der Waals surface area (Å²) in [5, 5.41) is 0. The largest absolute Gasteiger partial charge is 1.00 e. The molecule has 0 spiro atoms. The van der Waals surface area contributed by atoms with Gasteiger partial charge in [-0.25, -0.2) is 0 Å². The first-order chi connectivity index (χ1) is 2.00. The van der Waals surface area contributed by atoms with Gasteiger partial charge < -0.3 is 0 Å². The quantitative estimate of drug-likeness (QED) is 0.260. The van der Waals surface area contributed by atoms with Gasteiger partial charge in [0.15, 0.2) is 0 Å². The van der Waals surface area contributed by atoms with Crippen LogP contribution in [0, 0.1) is 0 Å². The zero-order valence-electron chi connectivity index (χ0n) is 4.82. The molecule has 0 heterocycles. The van der Waals surface area contributed by atoms with Gasteiger partial charge in [0.05, 0.1) is 9.93 Å². The molecular weight excluding hydrogens is 123 g/mol. The monoisotopic (exact) mass is 132 g/mol. The number of hydrogen-bond acceptors (Lipinski definition) is 1. The predicted molar refractivity (Wildman–Crippen MR) is 25.8 cm³/mol. The molecule has 0 aliphatic carbocycles. The SMILES string of the molecule is C[S+](C)(C)=O.[K+]. The van der Waals surface area contributed by atoms with E-state index in [1.54, 1.807) is 18.8 Å². The summed E-state index contributed by atoms with van der Waals surface area (Å²) in [5.41, 5.74) is 0. The molecule has 0 aromatic heterocycles. The summed E-state index contributed by atoms with van der Waals surface area (Å²) >= 11 is 0. The Morgan fingerprint density at radius 3 is 1.17 bits per heavy atom. The van der Waals surface area contributed by atoms with Gasteiger partial charge in [0.1, 0.15) is 18.8 Å². The van der Waals surface area contributed by atoms with E-state index in [1.165, 1.54) is 0 Å². The molecule has 0 rings (SSSR count). The van der Waals surface area contributed by atoms with Gasteiger partial charge in [-0.2, -0.15) is 0 Å². The van der Waals surface area contributed by atoms with Crippen molar-refractivity contribution in [3.63, 3.8) is 0 Å². The molecule has 0 fully saturated rings. The summed E-state index contributed by atoms with van der Waals surface area (Å²) in [4.78, 5) is 0. The van der Waals surface area contributed by atoms with Gasteiger partial charge in [0, 0.05) is 0 Å². The zero-order valence-corrected chi connectivity index (χ0v) is 8.76. The van der Waals surface area contributed by atoms with Crippen molar-refractivity contribution in [3.8, 4) is 0 Å². The second-order valence-corrected chi connectivity index (χ2v) is 5.17. The number of hydrogen-bond donors (Lipinski definition) is 0. The molecule has 0 saturated heterocycles. The van der Waals surface area contributed by atoms with E-state index in [9.17, 15) is 4.21 Å². The fourth-order valence-electron chi connectivity index (χ4n) is 0. The van der Waals surface area contributed by atoms with E-state index >= 15 is 0 Å². The third-order valence-electron chi connectivity index (χ3n) is 0. The van der Waals surface area contributed by atoms with Crippen molar-refractivity contribution in [2.24, 2.45) is 0 Å². The van der Waals surface area contributed by atoms with Crippen molar-refractivity contribution in [1.29, 1.82) is 0 Å². The summed E-state index contributed by atoms with van der Waals surface area (Å²) in [5.74, 6) is 0. The van der Waals surface area contributed by atoms with Crippen LogP contribution in [0.2, 0.25) is 0 Å². The fourth-order valence-corrected chi connectivity index (χ4v) is 0. The van der Waals surface area contributed by atoms with Crippen molar-refractivity contribution in [3.05, 3.63) is 0 Å². The standard InChI is InChI=1S/C3H9OS.K/c1-5(2,3)4;/h1-3H3;/q2*+1. The Morgan fingerprint density at radius 1 is 1.17 bits per heavy atom. The molecule has 0 saturated carbocycles. The van der Waals surface area contributed by atoms with Crippen LogP contribution < -0.4 is 51.4 Å². The number of rotatable bonds is 0. The zero-order chi connectivity index (χ0) is 4.50. The summed E-state index contributed by atoms with van der Waals surface area (Å²) < 4.78 is 10.2. The maximum absolute atomic E-state index is 10.2. The minimum absolute atomic E-state index is 0. The van der Waals surface area contributed by atoms with Gasteiger partial charge in [-0.1, -0.05) is 0 Å². The van der Waals surface area contributed by atoms with Crippen molar-refractivity contribution in [2.45, 2.75) is 0 Å². The van der Waals surface area contributed by atoms with Crippen LogP contribution in [0.15, 0.2) is 0 Å². The van der Waals surface area contributed by atoms with Crippen LogP contribution in [0.4, 0.5) is 0 Å². The van der Waals surface area contributed by atoms with Crippen LogP contribution in [-0.2, 0) is 14.1 Å². The molecule has 3 heteroatoms. The van der Waals surface area contributed by atoms with Crippen LogP contribution in [0.3, 0.4) is 0 Å². The maximum Gasteiger partial charge on any atom is 1.00 e. The molecule has 0 aliphatic rings. The van der Waals surface area contributed by atoms with Gasteiger partial charge in [-0.15, -0.1) is 4.21 Å². The second-order valence-electron chi connectivity index (χ2n) is 1.72. The van der Waals surface area contributed by atoms with E-state index in [2.05, 4.69) is 0 Å². The molecule has 0 atom stereocenters. The molecule has 32 valence electrons. The average Bonchev–Trinajstić information content (AvgIpc) is 0.722. The average molecular weight is 132 g/mol. The first kappa shape index (κ1) is 10.7. The van der Waals surface area contributed by atoms with Gasteiger partial charge in [0.2, 0.25) is 0 Å². The molecule has 0 unspecified atom stereocenters. The second kappa shape index (κ2) is 3.75. The van der Waals surface area contributed by atoms with Crippen molar-refractivity contribution in [1.82, 2.24) is 0 Å². The van der Waals surface area contributed by atoms with Crippen molar-refractivity contribution < 1.29 is 55.6 Å². The molecule has 0 amide bonds. The fraction of sp³-hybridized carbons (Fsp3) is 1.00. The molecule has 0 bridgehead atoms. The molecule has 0 aromatic carbocycles. The smallest absolute Gasteiger partial charge is 0.107 e. The summed E-state index contributed by atoms with van der Waals surface area (Å²) in [7, 11) is -1.42. The Balaban J connectivity index is 0. The Bertz CT molecular complexity index is 56.9. The van der Waals surface area contributed by atoms with Crippen molar-refractivity contribution in [2.75, 3.05) is 18.8 Å². The van der Waals surface area contributed by atoms with Crippen molar-refractivity contribution >= 4 is 9.93 Å². The van der Waals surface area contributed by atoms with E-state index in [0.29, 0.717) is 0 Å². The van der Waals surface area contributed by atoms with E-state index in [4.69, 9.17) is 0 Å². The Morgan fingerprint density at radius 2 is 1.17 bits per heavy atom. The topological polar surface area (TPSA) is 17.1 Å². The molecule has 6 heavy (non-hydrogen) atoms. The minimum Gasteiger partial charge on any atom is -0.107 e. The summed E-state index contributed by atoms with van der Waals surface area (Å²) in [6, 6.07) is 0. The molecule has 0 aromatic rings. The maximum atomic E-state index is 10.2. The first-order valence-electron chi connectivity index (χ1n) is 1.39. The molecule has 0 N–H and O–H groups in total. The van der Waals surface area contributed by atoms with Crippen LogP contribution in [0.25, 0.3) is 0 Å². The Labute approximate surface area is 82.7 Å². The van der Waals surface area contributed by atoms with Gasteiger partial charge in [-0.05, 0) is 0 Å². The molecule has 0 aliphatic heterocycles. The van der Waals surface area contributed by atoms with Crippen LogP contribution >= 0.6 is 0 Å². The van der Waals surface area contributed by atoms with Gasteiger partial charge in [-0.3, -0.25) is 0 Å². The van der Waals surface area contributed by atoms with E-state index in [1.807, 2.05) is 0 Å². The van der Waals surface area contributed by atoms with Crippen LogP contribution in [0.1, 0.15) is 0 Å².